The molecule has 0 spiro atoms. The highest BCUT2D eigenvalue weighted by Gasteiger charge is 2.51. The number of methoxy groups -OCH3 is 1. The molecule has 0 bridgehead atoms. The Morgan fingerprint density at radius 2 is 1.95 bits per heavy atom. The molecule has 0 unspecified atom stereocenters. The molecule has 0 aromatic heterocycles. The fraction of sp³-hybridized carbons (Fsp3) is 0.667. The maximum atomic E-state index is 10.2. The topological polar surface area (TPSA) is 29.5 Å². The molecule has 0 saturated heterocycles. The van der Waals surface area contributed by atoms with Gasteiger partial charge in [0.2, 0.25) is 0 Å². The van der Waals surface area contributed by atoms with E-state index < -0.39 is 0 Å². The van der Waals surface area contributed by atoms with Crippen LogP contribution in [0.1, 0.15) is 57.6 Å². The van der Waals surface area contributed by atoms with Crippen molar-refractivity contribution in [2.45, 2.75) is 58.3 Å². The lowest BCUT2D eigenvalue weighted by Gasteiger charge is -2.54. The number of rotatable bonds is 1. The molecule has 2 heteroatoms. The molecule has 2 aliphatic rings. The highest BCUT2D eigenvalue weighted by molar-refractivity contribution is 5.55. The van der Waals surface area contributed by atoms with E-state index in [4.69, 9.17) is 4.74 Å². The van der Waals surface area contributed by atoms with Crippen molar-refractivity contribution in [3.05, 3.63) is 23.3 Å². The first-order valence-electron chi connectivity index (χ1n) is 7.79. The predicted octanol–water partition coefficient (Wildman–Crippen LogP) is 4.43. The molecule has 20 heavy (non-hydrogen) atoms. The Morgan fingerprint density at radius 3 is 2.65 bits per heavy atom. The maximum Gasteiger partial charge on any atom is 0.164 e. The minimum atomic E-state index is 0.138. The van der Waals surface area contributed by atoms with Crippen LogP contribution in [-0.2, 0) is 11.8 Å². The average molecular weight is 274 g/mol. The monoisotopic (exact) mass is 274 g/mol. The number of aromatic hydroxyl groups is 1. The molecule has 2 aliphatic carbocycles. The van der Waals surface area contributed by atoms with E-state index in [1.807, 2.05) is 0 Å². The molecule has 0 amide bonds. The molecular weight excluding hydrogens is 248 g/mol. The lowest BCUT2D eigenvalue weighted by Crippen LogP contribution is -2.48. The van der Waals surface area contributed by atoms with Crippen LogP contribution in [0, 0.1) is 11.3 Å². The fourth-order valence-corrected chi connectivity index (χ4v) is 5.08. The van der Waals surface area contributed by atoms with Crippen LogP contribution in [0.4, 0.5) is 0 Å². The van der Waals surface area contributed by atoms with Gasteiger partial charge in [-0.1, -0.05) is 33.3 Å². The summed E-state index contributed by atoms with van der Waals surface area (Å²) >= 11 is 0. The normalized spacial score (nSPS) is 31.3. The summed E-state index contributed by atoms with van der Waals surface area (Å²) in [5.41, 5.74) is 3.17. The summed E-state index contributed by atoms with van der Waals surface area (Å²) in [4.78, 5) is 0. The van der Waals surface area contributed by atoms with Crippen LogP contribution in [-0.4, -0.2) is 12.2 Å². The van der Waals surface area contributed by atoms with E-state index in [1.165, 1.54) is 36.8 Å². The minimum Gasteiger partial charge on any atom is -0.504 e. The predicted molar refractivity (Wildman–Crippen MR) is 81.5 cm³/mol. The molecule has 2 nitrogen and oxygen atoms in total. The lowest BCUT2D eigenvalue weighted by molar-refractivity contribution is 0.0389. The third-order valence-electron chi connectivity index (χ3n) is 5.93. The van der Waals surface area contributed by atoms with Crippen molar-refractivity contribution in [3.8, 4) is 11.5 Å². The first-order chi connectivity index (χ1) is 9.40. The second kappa shape index (κ2) is 4.41. The van der Waals surface area contributed by atoms with Crippen molar-refractivity contribution in [1.82, 2.24) is 0 Å². The third-order valence-corrected chi connectivity index (χ3v) is 5.93. The molecule has 1 aromatic carbocycles. The number of fused-ring (bicyclic) bond motifs is 3. The fourth-order valence-electron chi connectivity index (χ4n) is 5.08. The SMILES string of the molecule is COc1c(O)ccc2c1[C@@]1(C)CCCC(C)(C)[C@@H]1CC2. The van der Waals surface area contributed by atoms with Crippen LogP contribution in [0.25, 0.3) is 0 Å². The van der Waals surface area contributed by atoms with Gasteiger partial charge >= 0.3 is 0 Å². The highest BCUT2D eigenvalue weighted by Crippen LogP contribution is 2.59. The molecule has 0 aliphatic heterocycles. The highest BCUT2D eigenvalue weighted by atomic mass is 16.5. The first kappa shape index (κ1) is 13.8. The van der Waals surface area contributed by atoms with E-state index in [-0.39, 0.29) is 11.2 Å². The average Bonchev–Trinajstić information content (AvgIpc) is 2.38. The summed E-state index contributed by atoms with van der Waals surface area (Å²) < 4.78 is 5.58. The van der Waals surface area contributed by atoms with E-state index in [0.717, 1.165) is 6.42 Å². The molecule has 0 radical (unpaired) electrons. The molecule has 3 rings (SSSR count). The molecule has 110 valence electrons. The summed E-state index contributed by atoms with van der Waals surface area (Å²) in [7, 11) is 1.68. The third kappa shape index (κ3) is 1.77. The van der Waals surface area contributed by atoms with Gasteiger partial charge in [-0.2, -0.15) is 0 Å². The largest absolute Gasteiger partial charge is 0.504 e. The molecular formula is C18H26O2. The number of phenols is 1. The Kier molecular flexibility index (Phi) is 3.04. The summed E-state index contributed by atoms with van der Waals surface area (Å²) in [6, 6.07) is 3.88. The zero-order chi connectivity index (χ0) is 14.5. The summed E-state index contributed by atoms with van der Waals surface area (Å²) in [6.45, 7) is 7.21. The van der Waals surface area contributed by atoms with Crippen LogP contribution in [0.3, 0.4) is 0 Å². The Hall–Kier alpha value is -1.18. The van der Waals surface area contributed by atoms with Crippen LogP contribution < -0.4 is 4.74 Å². The summed E-state index contributed by atoms with van der Waals surface area (Å²) in [6.07, 6.45) is 6.13. The molecule has 2 atom stereocenters. The van der Waals surface area contributed by atoms with Crippen molar-refractivity contribution in [3.63, 3.8) is 0 Å². The van der Waals surface area contributed by atoms with E-state index in [1.54, 1.807) is 13.2 Å². The second-order valence-electron chi connectivity index (χ2n) is 7.50. The molecule has 1 fully saturated rings. The van der Waals surface area contributed by atoms with Crippen molar-refractivity contribution >= 4 is 0 Å². The van der Waals surface area contributed by atoms with Crippen LogP contribution in [0.5, 0.6) is 11.5 Å². The van der Waals surface area contributed by atoms with Gasteiger partial charge in [-0.3, -0.25) is 0 Å². The van der Waals surface area contributed by atoms with Crippen LogP contribution in [0.15, 0.2) is 12.1 Å². The number of hydrogen-bond acceptors (Lipinski definition) is 2. The number of hydrogen-bond donors (Lipinski definition) is 1. The van der Waals surface area contributed by atoms with Gasteiger partial charge in [0.05, 0.1) is 7.11 Å². The van der Waals surface area contributed by atoms with E-state index in [9.17, 15) is 5.11 Å². The summed E-state index contributed by atoms with van der Waals surface area (Å²) in [5.74, 6) is 1.68. The number of phenolic OH excluding ortho intramolecular Hbond substituents is 1. The molecule has 1 N–H and O–H groups in total. The molecule has 1 aromatic rings. The second-order valence-corrected chi connectivity index (χ2v) is 7.50. The van der Waals surface area contributed by atoms with Gasteiger partial charge in [-0.05, 0) is 54.1 Å². The van der Waals surface area contributed by atoms with Gasteiger partial charge in [0.25, 0.3) is 0 Å². The van der Waals surface area contributed by atoms with Crippen LogP contribution in [0.2, 0.25) is 0 Å². The van der Waals surface area contributed by atoms with Gasteiger partial charge in [0.15, 0.2) is 11.5 Å². The van der Waals surface area contributed by atoms with Crippen molar-refractivity contribution in [2.75, 3.05) is 7.11 Å². The number of aryl methyl sites for hydroxylation is 1. The van der Waals surface area contributed by atoms with Crippen LogP contribution >= 0.6 is 0 Å². The van der Waals surface area contributed by atoms with E-state index in [2.05, 4.69) is 26.8 Å². The van der Waals surface area contributed by atoms with Gasteiger partial charge < -0.3 is 9.84 Å². The van der Waals surface area contributed by atoms with Crippen molar-refractivity contribution in [2.24, 2.45) is 11.3 Å². The van der Waals surface area contributed by atoms with Crippen molar-refractivity contribution < 1.29 is 9.84 Å². The van der Waals surface area contributed by atoms with E-state index in [0.29, 0.717) is 17.1 Å². The lowest BCUT2D eigenvalue weighted by atomic mass is 9.50. The Labute approximate surface area is 122 Å². The molecule has 0 heterocycles. The maximum absolute atomic E-state index is 10.2. The van der Waals surface area contributed by atoms with Gasteiger partial charge in [0, 0.05) is 5.56 Å². The summed E-state index contributed by atoms with van der Waals surface area (Å²) in [5, 5.41) is 10.2. The first-order valence-corrected chi connectivity index (χ1v) is 7.79. The van der Waals surface area contributed by atoms with Gasteiger partial charge in [-0.25, -0.2) is 0 Å². The Balaban J connectivity index is 2.21. The zero-order valence-corrected chi connectivity index (χ0v) is 13.1. The Morgan fingerprint density at radius 1 is 1.20 bits per heavy atom. The minimum absolute atomic E-state index is 0.138. The van der Waals surface area contributed by atoms with Gasteiger partial charge in [-0.15, -0.1) is 0 Å². The van der Waals surface area contributed by atoms with Gasteiger partial charge in [0.1, 0.15) is 0 Å². The number of ether oxygens (including phenoxy) is 1. The Bertz CT molecular complexity index is 532. The smallest absolute Gasteiger partial charge is 0.164 e. The number of benzene rings is 1. The standard InChI is InChI=1S/C18H26O2/c1-17(2)10-5-11-18(3)14(17)9-7-12-6-8-13(19)16(20-4)15(12)18/h6,8,14,19H,5,7,9-11H2,1-4H3/t14-,18-/m0/s1. The van der Waals surface area contributed by atoms with Crippen molar-refractivity contribution in [1.29, 1.82) is 0 Å². The molecule has 1 saturated carbocycles. The quantitative estimate of drug-likeness (QED) is 0.821. The van der Waals surface area contributed by atoms with E-state index >= 15 is 0 Å². The zero-order valence-electron chi connectivity index (χ0n) is 13.1.